The summed E-state index contributed by atoms with van der Waals surface area (Å²) in [4.78, 5) is 36.1. The van der Waals surface area contributed by atoms with Gasteiger partial charge >= 0.3 is 18.2 Å². The maximum Gasteiger partial charge on any atom is 0.408 e. The predicted molar refractivity (Wildman–Crippen MR) is 118 cm³/mol. The van der Waals surface area contributed by atoms with Gasteiger partial charge in [0.25, 0.3) is 0 Å². The minimum Gasteiger partial charge on any atom is -0.479 e. The Labute approximate surface area is 186 Å². The van der Waals surface area contributed by atoms with Crippen LogP contribution < -0.4 is 10.6 Å². The zero-order valence-electron chi connectivity index (χ0n) is 18.6. The summed E-state index contributed by atoms with van der Waals surface area (Å²) in [6, 6.07) is 15.9. The molecule has 0 bridgehead atoms. The largest absolute Gasteiger partial charge is 0.479 e. The molecule has 2 amide bonds. The van der Waals surface area contributed by atoms with Gasteiger partial charge in [-0.25, -0.2) is 14.4 Å². The maximum atomic E-state index is 12.3. The van der Waals surface area contributed by atoms with E-state index < -0.39 is 29.3 Å². The van der Waals surface area contributed by atoms with Crippen LogP contribution in [-0.4, -0.2) is 47.6 Å². The molecule has 0 saturated carbocycles. The molecule has 1 aliphatic carbocycles. The number of nitrogens with one attached hydrogen (secondary N) is 2. The number of rotatable bonds is 6. The van der Waals surface area contributed by atoms with E-state index in [9.17, 15) is 19.5 Å². The second-order valence-electron chi connectivity index (χ2n) is 8.94. The van der Waals surface area contributed by atoms with E-state index in [-0.39, 0.29) is 19.1 Å². The Hall–Kier alpha value is -3.55. The molecule has 1 atom stereocenters. The van der Waals surface area contributed by atoms with Gasteiger partial charge in [-0.1, -0.05) is 48.5 Å². The number of benzene rings is 2. The Morgan fingerprint density at radius 2 is 1.44 bits per heavy atom. The van der Waals surface area contributed by atoms with Crippen molar-refractivity contribution in [3.63, 3.8) is 0 Å². The van der Waals surface area contributed by atoms with Crippen LogP contribution in [0.4, 0.5) is 9.59 Å². The molecule has 32 heavy (non-hydrogen) atoms. The second-order valence-corrected chi connectivity index (χ2v) is 8.94. The van der Waals surface area contributed by atoms with Gasteiger partial charge in [0.2, 0.25) is 0 Å². The van der Waals surface area contributed by atoms with E-state index >= 15 is 0 Å². The SMILES string of the molecule is CC(C)(C)OC(=O)NC(C)(CNC(=O)OCC1c2ccccc2-c2ccccc21)C(=O)O. The number of carbonyl (C=O) groups excluding carboxylic acids is 2. The van der Waals surface area contributed by atoms with Crippen molar-refractivity contribution >= 4 is 18.2 Å². The van der Waals surface area contributed by atoms with Gasteiger partial charge in [0.1, 0.15) is 12.2 Å². The van der Waals surface area contributed by atoms with E-state index in [0.29, 0.717) is 0 Å². The second kappa shape index (κ2) is 8.90. The van der Waals surface area contributed by atoms with Crippen molar-refractivity contribution in [1.82, 2.24) is 10.6 Å². The number of carboxylic acids is 1. The molecule has 8 heteroatoms. The van der Waals surface area contributed by atoms with Gasteiger partial charge in [0.05, 0.1) is 6.54 Å². The lowest BCUT2D eigenvalue weighted by Gasteiger charge is -2.28. The van der Waals surface area contributed by atoms with Crippen LogP contribution in [0.5, 0.6) is 0 Å². The smallest absolute Gasteiger partial charge is 0.408 e. The topological polar surface area (TPSA) is 114 Å². The summed E-state index contributed by atoms with van der Waals surface area (Å²) in [5, 5.41) is 14.3. The van der Waals surface area contributed by atoms with Gasteiger partial charge in [-0.3, -0.25) is 0 Å². The van der Waals surface area contributed by atoms with E-state index in [0.717, 1.165) is 22.3 Å². The van der Waals surface area contributed by atoms with E-state index in [1.807, 2.05) is 48.5 Å². The van der Waals surface area contributed by atoms with E-state index in [1.54, 1.807) is 20.8 Å². The summed E-state index contributed by atoms with van der Waals surface area (Å²) in [6.07, 6.45) is -1.66. The third-order valence-corrected chi connectivity index (χ3v) is 5.18. The standard InChI is InChI=1S/C24H28N2O6/c1-23(2,3)32-22(30)26-24(4,20(27)28)14-25-21(29)31-13-19-17-11-7-5-9-15(17)16-10-6-8-12-18(16)19/h5-12,19H,13-14H2,1-4H3,(H,25,29)(H,26,30)(H,27,28). The first kappa shape index (κ1) is 23.1. The van der Waals surface area contributed by atoms with Crippen LogP contribution in [0.25, 0.3) is 11.1 Å². The third kappa shape index (κ3) is 5.19. The van der Waals surface area contributed by atoms with Crippen LogP contribution in [0.15, 0.2) is 48.5 Å². The van der Waals surface area contributed by atoms with Crippen molar-refractivity contribution in [2.24, 2.45) is 0 Å². The molecule has 2 aromatic carbocycles. The Morgan fingerprint density at radius 3 is 1.94 bits per heavy atom. The first-order chi connectivity index (χ1) is 15.0. The number of carboxylic acid groups (broad SMARTS) is 1. The fourth-order valence-electron chi connectivity index (χ4n) is 3.60. The highest BCUT2D eigenvalue weighted by Gasteiger charge is 2.37. The number of hydrogen-bond acceptors (Lipinski definition) is 5. The minimum absolute atomic E-state index is 0.100. The molecule has 0 aliphatic heterocycles. The average Bonchev–Trinajstić information content (AvgIpc) is 3.03. The molecule has 3 N–H and O–H groups in total. The fourth-order valence-corrected chi connectivity index (χ4v) is 3.60. The molecule has 0 fully saturated rings. The van der Waals surface area contributed by atoms with Crippen LogP contribution >= 0.6 is 0 Å². The van der Waals surface area contributed by atoms with Crippen molar-refractivity contribution in [3.8, 4) is 11.1 Å². The third-order valence-electron chi connectivity index (χ3n) is 5.18. The minimum atomic E-state index is -1.77. The molecular weight excluding hydrogens is 412 g/mol. The molecule has 0 aromatic heterocycles. The molecule has 0 radical (unpaired) electrons. The number of aliphatic carboxylic acids is 1. The number of alkyl carbamates (subject to hydrolysis) is 2. The molecule has 2 aromatic rings. The van der Waals surface area contributed by atoms with E-state index in [1.165, 1.54) is 6.92 Å². The molecule has 0 heterocycles. The predicted octanol–water partition coefficient (Wildman–Crippen LogP) is 3.89. The summed E-state index contributed by atoms with van der Waals surface area (Å²) in [6.45, 7) is 6.00. The molecule has 8 nitrogen and oxygen atoms in total. The zero-order valence-corrected chi connectivity index (χ0v) is 18.6. The number of carbonyl (C=O) groups is 3. The van der Waals surface area contributed by atoms with Crippen LogP contribution in [0.1, 0.15) is 44.7 Å². The van der Waals surface area contributed by atoms with Crippen molar-refractivity contribution in [2.75, 3.05) is 13.2 Å². The van der Waals surface area contributed by atoms with Crippen LogP contribution in [0.2, 0.25) is 0 Å². The number of hydrogen-bond donors (Lipinski definition) is 3. The molecule has 170 valence electrons. The monoisotopic (exact) mass is 440 g/mol. The summed E-state index contributed by atoms with van der Waals surface area (Å²) in [5.41, 5.74) is 1.80. The van der Waals surface area contributed by atoms with Crippen molar-refractivity contribution in [1.29, 1.82) is 0 Å². The van der Waals surface area contributed by atoms with Crippen LogP contribution in [0, 0.1) is 0 Å². The Bertz CT molecular complexity index is 984. The van der Waals surface area contributed by atoms with Gasteiger partial charge in [0.15, 0.2) is 5.54 Å². The maximum absolute atomic E-state index is 12.3. The average molecular weight is 440 g/mol. The first-order valence-corrected chi connectivity index (χ1v) is 10.3. The lowest BCUT2D eigenvalue weighted by Crippen LogP contribution is -2.59. The summed E-state index contributed by atoms with van der Waals surface area (Å²) in [7, 11) is 0. The Balaban J connectivity index is 1.61. The highest BCUT2D eigenvalue weighted by molar-refractivity contribution is 5.85. The molecule has 0 spiro atoms. The highest BCUT2D eigenvalue weighted by Crippen LogP contribution is 2.44. The van der Waals surface area contributed by atoms with Gasteiger partial charge < -0.3 is 25.2 Å². The Kier molecular flexibility index (Phi) is 6.43. The molecule has 1 aliphatic rings. The van der Waals surface area contributed by atoms with Gasteiger partial charge in [-0.15, -0.1) is 0 Å². The highest BCUT2D eigenvalue weighted by atomic mass is 16.6. The molecule has 1 unspecified atom stereocenters. The number of fused-ring (bicyclic) bond motifs is 3. The van der Waals surface area contributed by atoms with Gasteiger partial charge in [0, 0.05) is 5.92 Å². The van der Waals surface area contributed by atoms with Gasteiger partial charge in [-0.05, 0) is 49.9 Å². The fraction of sp³-hybridized carbons (Fsp3) is 0.375. The van der Waals surface area contributed by atoms with E-state index in [2.05, 4.69) is 10.6 Å². The van der Waals surface area contributed by atoms with E-state index in [4.69, 9.17) is 9.47 Å². The summed E-state index contributed by atoms with van der Waals surface area (Å²) in [5.74, 6) is -1.43. The van der Waals surface area contributed by atoms with Gasteiger partial charge in [-0.2, -0.15) is 0 Å². The van der Waals surface area contributed by atoms with Crippen LogP contribution in [0.3, 0.4) is 0 Å². The number of ether oxygens (including phenoxy) is 2. The molecule has 0 saturated heterocycles. The molecular formula is C24H28N2O6. The molecule has 3 rings (SSSR count). The quantitative estimate of drug-likeness (QED) is 0.628. The van der Waals surface area contributed by atoms with Crippen molar-refractivity contribution in [3.05, 3.63) is 59.7 Å². The lowest BCUT2D eigenvalue weighted by molar-refractivity contribution is -0.143. The number of amides is 2. The van der Waals surface area contributed by atoms with Crippen LogP contribution in [-0.2, 0) is 14.3 Å². The summed E-state index contributed by atoms with van der Waals surface area (Å²) >= 11 is 0. The lowest BCUT2D eigenvalue weighted by atomic mass is 9.98. The normalized spacial score (nSPS) is 14.5. The summed E-state index contributed by atoms with van der Waals surface area (Å²) < 4.78 is 10.5. The van der Waals surface area contributed by atoms with Crippen molar-refractivity contribution in [2.45, 2.75) is 44.8 Å². The Morgan fingerprint density at radius 1 is 0.906 bits per heavy atom. The first-order valence-electron chi connectivity index (χ1n) is 10.3. The zero-order chi connectivity index (χ0) is 23.5. The van der Waals surface area contributed by atoms with Crippen molar-refractivity contribution < 1.29 is 29.0 Å².